The lowest BCUT2D eigenvalue weighted by molar-refractivity contribution is -0.125. The van der Waals surface area contributed by atoms with E-state index in [1.54, 1.807) is 42.5 Å². The molecule has 0 saturated heterocycles. The first-order valence-electron chi connectivity index (χ1n) is 7.58. The summed E-state index contributed by atoms with van der Waals surface area (Å²) in [7, 11) is 1.52. The molecule has 0 spiro atoms. The Morgan fingerprint density at radius 3 is 2.52 bits per heavy atom. The van der Waals surface area contributed by atoms with E-state index >= 15 is 0 Å². The molecule has 0 bridgehead atoms. The summed E-state index contributed by atoms with van der Waals surface area (Å²) in [6.45, 7) is 1.47. The lowest BCUT2D eigenvalue weighted by atomic mass is 10.2. The Morgan fingerprint density at radius 2 is 1.80 bits per heavy atom. The van der Waals surface area contributed by atoms with Gasteiger partial charge in [0.25, 0.3) is 5.91 Å². The summed E-state index contributed by atoms with van der Waals surface area (Å²) in [5.74, 6) is 0.225. The van der Waals surface area contributed by atoms with Crippen molar-refractivity contribution < 1.29 is 19.1 Å². The minimum Gasteiger partial charge on any atom is -0.493 e. The van der Waals surface area contributed by atoms with Crippen LogP contribution in [0.5, 0.6) is 11.5 Å². The number of amides is 2. The van der Waals surface area contributed by atoms with Crippen molar-refractivity contribution in [2.45, 2.75) is 6.92 Å². The highest BCUT2D eigenvalue weighted by Gasteiger charge is 2.10. The quantitative estimate of drug-likeness (QED) is 0.794. The number of benzene rings is 2. The summed E-state index contributed by atoms with van der Waals surface area (Å²) >= 11 is 5.90. The van der Waals surface area contributed by atoms with Gasteiger partial charge in [-0.3, -0.25) is 9.59 Å². The topological polar surface area (TPSA) is 76.7 Å². The first-order chi connectivity index (χ1) is 12.0. The maximum absolute atomic E-state index is 11.9. The highest BCUT2D eigenvalue weighted by Crippen LogP contribution is 2.25. The molecule has 0 saturated carbocycles. The van der Waals surface area contributed by atoms with E-state index in [2.05, 4.69) is 10.6 Å². The number of anilines is 1. The van der Waals surface area contributed by atoms with Gasteiger partial charge in [-0.25, -0.2) is 0 Å². The second-order valence-electron chi connectivity index (χ2n) is 5.22. The summed E-state index contributed by atoms with van der Waals surface area (Å²) in [6.07, 6.45) is 0. The Balaban J connectivity index is 1.79. The number of hydrogen-bond acceptors (Lipinski definition) is 4. The smallest absolute Gasteiger partial charge is 0.258 e. The standard InChI is InChI=1S/C18H19ClN2O4/c1-12-7-8-13(19)9-14(12)21-17(22)10-20-18(23)11-25-16-6-4-3-5-15(16)24-2/h3-9H,10-11H2,1-2H3,(H,20,23)(H,21,22). The van der Waals surface area contributed by atoms with Gasteiger partial charge in [-0.05, 0) is 36.8 Å². The van der Waals surface area contributed by atoms with Crippen LogP contribution in [0.15, 0.2) is 42.5 Å². The fraction of sp³-hybridized carbons (Fsp3) is 0.222. The largest absolute Gasteiger partial charge is 0.493 e. The van der Waals surface area contributed by atoms with Crippen LogP contribution < -0.4 is 20.1 Å². The van der Waals surface area contributed by atoms with Gasteiger partial charge in [-0.1, -0.05) is 29.8 Å². The first kappa shape index (κ1) is 18.6. The van der Waals surface area contributed by atoms with Crippen LogP contribution in [0.3, 0.4) is 0 Å². The molecule has 0 aliphatic rings. The van der Waals surface area contributed by atoms with E-state index in [4.69, 9.17) is 21.1 Å². The van der Waals surface area contributed by atoms with Gasteiger partial charge in [-0.2, -0.15) is 0 Å². The van der Waals surface area contributed by atoms with Crippen LogP contribution in [0.4, 0.5) is 5.69 Å². The van der Waals surface area contributed by atoms with Crippen molar-refractivity contribution in [3.63, 3.8) is 0 Å². The number of aryl methyl sites for hydroxylation is 1. The van der Waals surface area contributed by atoms with Gasteiger partial charge >= 0.3 is 0 Å². The van der Waals surface area contributed by atoms with Crippen LogP contribution >= 0.6 is 11.6 Å². The summed E-state index contributed by atoms with van der Waals surface area (Å²) in [6, 6.07) is 12.2. The third-order valence-electron chi connectivity index (χ3n) is 3.35. The van der Waals surface area contributed by atoms with Crippen molar-refractivity contribution in [3.8, 4) is 11.5 Å². The van der Waals surface area contributed by atoms with Gasteiger partial charge in [0.15, 0.2) is 18.1 Å². The van der Waals surface area contributed by atoms with Crippen molar-refractivity contribution in [3.05, 3.63) is 53.1 Å². The Morgan fingerprint density at radius 1 is 1.08 bits per heavy atom. The minimum absolute atomic E-state index is 0.167. The molecule has 2 N–H and O–H groups in total. The number of carbonyl (C=O) groups is 2. The van der Waals surface area contributed by atoms with Gasteiger partial charge in [0.1, 0.15) is 0 Å². The van der Waals surface area contributed by atoms with Crippen molar-refractivity contribution >= 4 is 29.1 Å². The Labute approximate surface area is 151 Å². The third-order valence-corrected chi connectivity index (χ3v) is 3.58. The summed E-state index contributed by atoms with van der Waals surface area (Å²) < 4.78 is 10.5. The van der Waals surface area contributed by atoms with Crippen molar-refractivity contribution in [2.24, 2.45) is 0 Å². The predicted octanol–water partition coefficient (Wildman–Crippen LogP) is 2.79. The molecule has 0 radical (unpaired) electrons. The van der Waals surface area contributed by atoms with Crippen molar-refractivity contribution in [1.29, 1.82) is 0 Å². The van der Waals surface area contributed by atoms with Crippen molar-refractivity contribution in [2.75, 3.05) is 25.6 Å². The molecule has 0 fully saturated rings. The molecule has 0 heterocycles. The molecule has 2 rings (SSSR count). The number of halogens is 1. The van der Waals surface area contributed by atoms with Gasteiger partial charge in [0, 0.05) is 10.7 Å². The van der Waals surface area contributed by atoms with Crippen LogP contribution in [0.1, 0.15) is 5.56 Å². The SMILES string of the molecule is COc1ccccc1OCC(=O)NCC(=O)Nc1cc(Cl)ccc1C. The van der Waals surface area contributed by atoms with E-state index in [9.17, 15) is 9.59 Å². The zero-order valence-corrected chi connectivity index (χ0v) is 14.7. The third kappa shape index (κ3) is 5.69. The van der Waals surface area contributed by atoms with E-state index in [1.807, 2.05) is 6.92 Å². The van der Waals surface area contributed by atoms with Crippen LogP contribution in [-0.2, 0) is 9.59 Å². The number of para-hydroxylation sites is 2. The summed E-state index contributed by atoms with van der Waals surface area (Å²) in [4.78, 5) is 23.7. The Kier molecular flexibility index (Phi) is 6.65. The first-order valence-corrected chi connectivity index (χ1v) is 7.96. The maximum atomic E-state index is 11.9. The number of methoxy groups -OCH3 is 1. The zero-order chi connectivity index (χ0) is 18.2. The average Bonchev–Trinajstić information content (AvgIpc) is 2.61. The lowest BCUT2D eigenvalue weighted by Gasteiger charge is -2.11. The summed E-state index contributed by atoms with van der Waals surface area (Å²) in [5.41, 5.74) is 1.49. The highest BCUT2D eigenvalue weighted by molar-refractivity contribution is 6.31. The van der Waals surface area contributed by atoms with Gasteiger partial charge in [0.2, 0.25) is 5.91 Å². The molecule has 132 valence electrons. The fourth-order valence-electron chi connectivity index (χ4n) is 2.03. The zero-order valence-electron chi connectivity index (χ0n) is 14.0. The van der Waals surface area contributed by atoms with Gasteiger partial charge in [-0.15, -0.1) is 0 Å². The highest BCUT2D eigenvalue weighted by atomic mass is 35.5. The van der Waals surface area contributed by atoms with Crippen molar-refractivity contribution in [1.82, 2.24) is 5.32 Å². The van der Waals surface area contributed by atoms with E-state index in [0.717, 1.165) is 5.56 Å². The number of carbonyl (C=O) groups excluding carboxylic acids is 2. The second kappa shape index (κ2) is 8.94. The number of rotatable bonds is 7. The van der Waals surface area contributed by atoms with Crippen LogP contribution in [0.25, 0.3) is 0 Å². The molecular weight excluding hydrogens is 344 g/mol. The Bertz CT molecular complexity index is 764. The molecule has 0 aromatic heterocycles. The second-order valence-corrected chi connectivity index (χ2v) is 5.66. The number of nitrogens with one attached hydrogen (secondary N) is 2. The molecule has 25 heavy (non-hydrogen) atoms. The Hall–Kier alpha value is -2.73. The fourth-order valence-corrected chi connectivity index (χ4v) is 2.21. The van der Waals surface area contributed by atoms with E-state index in [-0.39, 0.29) is 19.1 Å². The summed E-state index contributed by atoms with van der Waals surface area (Å²) in [5, 5.41) is 5.72. The van der Waals surface area contributed by atoms with Crippen LogP contribution in [0, 0.1) is 6.92 Å². The molecule has 0 unspecified atom stereocenters. The van der Waals surface area contributed by atoms with E-state index in [1.165, 1.54) is 7.11 Å². The van der Waals surface area contributed by atoms with E-state index in [0.29, 0.717) is 22.2 Å². The minimum atomic E-state index is -0.413. The van der Waals surface area contributed by atoms with Gasteiger partial charge in [0.05, 0.1) is 13.7 Å². The molecule has 2 amide bonds. The lowest BCUT2D eigenvalue weighted by Crippen LogP contribution is -2.35. The molecule has 7 heteroatoms. The molecule has 2 aromatic carbocycles. The monoisotopic (exact) mass is 362 g/mol. The maximum Gasteiger partial charge on any atom is 0.258 e. The van der Waals surface area contributed by atoms with Crippen LogP contribution in [0.2, 0.25) is 5.02 Å². The number of ether oxygens (including phenoxy) is 2. The number of hydrogen-bond donors (Lipinski definition) is 2. The predicted molar refractivity (Wildman–Crippen MR) is 96.3 cm³/mol. The van der Waals surface area contributed by atoms with E-state index < -0.39 is 5.91 Å². The molecule has 6 nitrogen and oxygen atoms in total. The average molecular weight is 363 g/mol. The molecule has 2 aromatic rings. The molecular formula is C18H19ClN2O4. The molecule has 0 aliphatic carbocycles. The normalized spacial score (nSPS) is 10.0. The van der Waals surface area contributed by atoms with Crippen LogP contribution in [-0.4, -0.2) is 32.1 Å². The van der Waals surface area contributed by atoms with Gasteiger partial charge < -0.3 is 20.1 Å². The molecule has 0 atom stereocenters. The molecule has 0 aliphatic heterocycles.